The third-order valence-electron chi connectivity index (χ3n) is 3.69. The largest absolute Gasteiger partial charge is 0.396 e. The lowest BCUT2D eigenvalue weighted by molar-refractivity contribution is 0.270. The second kappa shape index (κ2) is 9.11. The van der Waals surface area contributed by atoms with E-state index in [9.17, 15) is 0 Å². The number of unbranched alkanes of at least 4 members (excludes halogenated alkanes) is 2. The molecule has 1 aromatic rings. The predicted molar refractivity (Wildman–Crippen MR) is 85.9 cm³/mol. The zero-order valence-electron chi connectivity index (χ0n) is 13.2. The summed E-state index contributed by atoms with van der Waals surface area (Å²) in [5.41, 5.74) is 10.1. The van der Waals surface area contributed by atoms with E-state index < -0.39 is 0 Å². The second-order valence-electron chi connectivity index (χ2n) is 5.90. The number of hydrogen-bond donors (Lipinski definition) is 2. The fourth-order valence-electron chi connectivity index (χ4n) is 2.53. The molecule has 0 amide bonds. The highest BCUT2D eigenvalue weighted by Crippen LogP contribution is 2.18. The molecule has 0 saturated carbocycles. The fraction of sp³-hybridized carbons (Fsp3) is 0.647. The van der Waals surface area contributed by atoms with Gasteiger partial charge in [-0.15, -0.1) is 0 Å². The Labute approximate surface area is 123 Å². The van der Waals surface area contributed by atoms with Gasteiger partial charge in [0.05, 0.1) is 0 Å². The van der Waals surface area contributed by atoms with Crippen LogP contribution in [0.2, 0.25) is 0 Å². The summed E-state index contributed by atoms with van der Waals surface area (Å²) in [6.45, 7) is 6.65. The molecule has 0 saturated heterocycles. The lowest BCUT2D eigenvalue weighted by atomic mass is 10.00. The lowest BCUT2D eigenvalue weighted by Gasteiger charge is -2.20. The first-order valence-corrected chi connectivity index (χ1v) is 7.66. The van der Waals surface area contributed by atoms with E-state index in [1.807, 2.05) is 0 Å². The van der Waals surface area contributed by atoms with E-state index in [1.165, 1.54) is 16.7 Å². The summed E-state index contributed by atoms with van der Waals surface area (Å²) in [6, 6.07) is 6.69. The number of nitrogens with zero attached hydrogens (tertiary/aromatic N) is 1. The predicted octanol–water partition coefficient (Wildman–Crippen LogP) is 2.79. The third kappa shape index (κ3) is 6.51. The molecule has 114 valence electrons. The van der Waals surface area contributed by atoms with Crippen LogP contribution in [0.4, 0.5) is 0 Å². The molecular formula is C17H30N2O. The van der Waals surface area contributed by atoms with Crippen LogP contribution in [0.5, 0.6) is 0 Å². The summed E-state index contributed by atoms with van der Waals surface area (Å²) in [5.74, 6) is 0. The van der Waals surface area contributed by atoms with Gasteiger partial charge in [0.2, 0.25) is 0 Å². The van der Waals surface area contributed by atoms with Crippen molar-refractivity contribution in [1.29, 1.82) is 0 Å². The van der Waals surface area contributed by atoms with Gasteiger partial charge in [-0.3, -0.25) is 0 Å². The number of nitrogens with two attached hydrogens (primary N) is 1. The van der Waals surface area contributed by atoms with Crippen LogP contribution in [0.15, 0.2) is 18.2 Å². The molecule has 20 heavy (non-hydrogen) atoms. The molecule has 0 aliphatic rings. The van der Waals surface area contributed by atoms with Crippen molar-refractivity contribution < 1.29 is 5.11 Å². The van der Waals surface area contributed by atoms with Crippen LogP contribution in [0.3, 0.4) is 0 Å². The van der Waals surface area contributed by atoms with Crippen molar-refractivity contribution >= 4 is 0 Å². The van der Waals surface area contributed by atoms with Gasteiger partial charge in [-0.25, -0.2) is 0 Å². The maximum absolute atomic E-state index is 8.75. The minimum absolute atomic E-state index is 0.119. The van der Waals surface area contributed by atoms with Crippen LogP contribution < -0.4 is 5.73 Å². The van der Waals surface area contributed by atoms with Crippen LogP contribution in [0, 0.1) is 13.8 Å². The number of aryl methyl sites for hydroxylation is 2. The lowest BCUT2D eigenvalue weighted by Crippen LogP contribution is -2.24. The van der Waals surface area contributed by atoms with Crippen molar-refractivity contribution in [2.24, 2.45) is 5.73 Å². The Kier molecular flexibility index (Phi) is 7.82. The molecule has 1 unspecified atom stereocenters. The van der Waals surface area contributed by atoms with Crippen molar-refractivity contribution in [1.82, 2.24) is 4.90 Å². The van der Waals surface area contributed by atoms with Crippen molar-refractivity contribution in [3.05, 3.63) is 34.9 Å². The highest BCUT2D eigenvalue weighted by Gasteiger charge is 2.08. The second-order valence-corrected chi connectivity index (χ2v) is 5.90. The topological polar surface area (TPSA) is 49.5 Å². The van der Waals surface area contributed by atoms with Gasteiger partial charge < -0.3 is 15.7 Å². The van der Waals surface area contributed by atoms with Crippen LogP contribution >= 0.6 is 0 Å². The van der Waals surface area contributed by atoms with Gasteiger partial charge in [0.25, 0.3) is 0 Å². The Balaban J connectivity index is 2.33. The van der Waals surface area contributed by atoms with Gasteiger partial charge in [0.1, 0.15) is 0 Å². The molecule has 3 nitrogen and oxygen atoms in total. The maximum Gasteiger partial charge on any atom is 0.0431 e. The average Bonchev–Trinajstić information content (AvgIpc) is 2.40. The molecule has 3 N–H and O–H groups in total. The summed E-state index contributed by atoms with van der Waals surface area (Å²) in [4.78, 5) is 2.33. The van der Waals surface area contributed by atoms with Crippen molar-refractivity contribution in [2.45, 2.75) is 45.6 Å². The van der Waals surface area contributed by atoms with E-state index in [4.69, 9.17) is 10.8 Å². The Bertz CT molecular complexity index is 372. The van der Waals surface area contributed by atoms with Gasteiger partial charge in [-0.05, 0) is 65.2 Å². The maximum atomic E-state index is 8.75. The molecule has 0 radical (unpaired) electrons. The molecule has 0 fully saturated rings. The first kappa shape index (κ1) is 17.2. The number of aliphatic hydroxyl groups excluding tert-OH is 1. The average molecular weight is 278 g/mol. The monoisotopic (exact) mass is 278 g/mol. The zero-order valence-corrected chi connectivity index (χ0v) is 13.2. The van der Waals surface area contributed by atoms with Crippen LogP contribution in [-0.2, 0) is 0 Å². The number of benzene rings is 1. The molecule has 1 rings (SSSR count). The minimum atomic E-state index is 0.119. The minimum Gasteiger partial charge on any atom is -0.396 e. The Morgan fingerprint density at radius 1 is 1.05 bits per heavy atom. The van der Waals surface area contributed by atoms with Gasteiger partial charge in [0.15, 0.2) is 0 Å². The van der Waals surface area contributed by atoms with E-state index in [0.717, 1.165) is 38.8 Å². The normalized spacial score (nSPS) is 12.9. The van der Waals surface area contributed by atoms with Crippen LogP contribution in [0.25, 0.3) is 0 Å². The molecule has 0 spiro atoms. The van der Waals surface area contributed by atoms with E-state index in [1.54, 1.807) is 0 Å². The molecular weight excluding hydrogens is 248 g/mol. The van der Waals surface area contributed by atoms with Crippen molar-refractivity contribution in [3.63, 3.8) is 0 Å². The van der Waals surface area contributed by atoms with Crippen molar-refractivity contribution in [3.8, 4) is 0 Å². The third-order valence-corrected chi connectivity index (χ3v) is 3.69. The molecule has 3 heteroatoms. The van der Waals surface area contributed by atoms with E-state index >= 15 is 0 Å². The molecule has 1 aromatic carbocycles. The van der Waals surface area contributed by atoms with Gasteiger partial charge in [0, 0.05) is 12.6 Å². The quantitative estimate of drug-likeness (QED) is 0.683. The molecule has 0 aliphatic heterocycles. The van der Waals surface area contributed by atoms with Crippen molar-refractivity contribution in [2.75, 3.05) is 26.7 Å². The number of aliphatic hydroxyl groups is 1. The van der Waals surface area contributed by atoms with E-state index in [-0.39, 0.29) is 6.04 Å². The molecule has 1 atom stereocenters. The smallest absolute Gasteiger partial charge is 0.0431 e. The fourth-order valence-corrected chi connectivity index (χ4v) is 2.53. The zero-order chi connectivity index (χ0) is 15.0. The molecule has 0 heterocycles. The van der Waals surface area contributed by atoms with Gasteiger partial charge in [-0.1, -0.05) is 29.3 Å². The molecule has 0 bridgehead atoms. The highest BCUT2D eigenvalue weighted by molar-refractivity contribution is 5.30. The summed E-state index contributed by atoms with van der Waals surface area (Å²) >= 11 is 0. The first-order chi connectivity index (χ1) is 9.52. The first-order valence-electron chi connectivity index (χ1n) is 7.66. The summed E-state index contributed by atoms with van der Waals surface area (Å²) in [7, 11) is 2.15. The summed E-state index contributed by atoms with van der Waals surface area (Å²) in [6.07, 6.45) is 4.15. The Morgan fingerprint density at radius 3 is 2.30 bits per heavy atom. The molecule has 0 aromatic heterocycles. The Morgan fingerprint density at radius 2 is 1.70 bits per heavy atom. The van der Waals surface area contributed by atoms with E-state index in [0.29, 0.717) is 6.61 Å². The number of rotatable bonds is 9. The molecule has 0 aliphatic carbocycles. The summed E-state index contributed by atoms with van der Waals surface area (Å²) in [5, 5.41) is 8.75. The van der Waals surface area contributed by atoms with Crippen LogP contribution in [0.1, 0.15) is 48.4 Å². The number of hydrogen-bond acceptors (Lipinski definition) is 3. The Hall–Kier alpha value is -0.900. The SMILES string of the molecule is Cc1cc(C)cc(C(N)CCN(C)CCCCCO)c1. The van der Waals surface area contributed by atoms with Gasteiger partial charge in [-0.2, -0.15) is 0 Å². The highest BCUT2D eigenvalue weighted by atomic mass is 16.2. The summed E-state index contributed by atoms with van der Waals surface area (Å²) < 4.78 is 0. The van der Waals surface area contributed by atoms with Crippen LogP contribution in [-0.4, -0.2) is 36.8 Å². The van der Waals surface area contributed by atoms with E-state index in [2.05, 4.69) is 44.0 Å². The standard InChI is InChI=1S/C17H30N2O/c1-14-11-15(2)13-16(12-14)17(18)7-9-19(3)8-5-4-6-10-20/h11-13,17,20H,4-10,18H2,1-3H3. The van der Waals surface area contributed by atoms with Gasteiger partial charge >= 0.3 is 0 Å².